The second-order valence-electron chi connectivity index (χ2n) is 5.89. The third kappa shape index (κ3) is 11.3. The Morgan fingerprint density at radius 2 is 1.40 bits per heavy atom. The largest absolute Gasteiger partial charge is 0.353 e. The third-order valence-corrected chi connectivity index (χ3v) is 4.73. The lowest BCUT2D eigenvalue weighted by Crippen LogP contribution is -2.22. The van der Waals surface area contributed by atoms with Crippen molar-refractivity contribution in [2.75, 3.05) is 17.6 Å². The van der Waals surface area contributed by atoms with Crippen molar-refractivity contribution in [3.05, 3.63) is 0 Å². The summed E-state index contributed by atoms with van der Waals surface area (Å²) in [5, 5.41) is 0. The van der Waals surface area contributed by atoms with Crippen LogP contribution in [0, 0.1) is 0 Å². The van der Waals surface area contributed by atoms with Crippen molar-refractivity contribution in [2.45, 2.75) is 89.8 Å². The molecule has 1 aliphatic rings. The van der Waals surface area contributed by atoms with E-state index in [0.717, 1.165) is 19.6 Å². The Hall–Kier alpha value is 0.650. The van der Waals surface area contributed by atoms with E-state index < -0.39 is 0 Å². The van der Waals surface area contributed by atoms with Crippen LogP contribution in [0.15, 0.2) is 0 Å². The van der Waals surface area contributed by atoms with Gasteiger partial charge in [0.05, 0.1) is 0 Å². The molecule has 1 fully saturated rings. The molecule has 0 amide bonds. The van der Waals surface area contributed by atoms with Gasteiger partial charge in [0.15, 0.2) is 6.29 Å². The molecule has 0 aromatic carbocycles. The van der Waals surface area contributed by atoms with Crippen molar-refractivity contribution < 1.29 is 9.47 Å². The summed E-state index contributed by atoms with van der Waals surface area (Å²) in [6.07, 6.45) is 17.6. The fourth-order valence-electron chi connectivity index (χ4n) is 2.67. The Morgan fingerprint density at radius 3 is 1.95 bits per heavy atom. The summed E-state index contributed by atoms with van der Waals surface area (Å²) < 4.78 is 12.6. The molecule has 20 heavy (non-hydrogen) atoms. The van der Waals surface area contributed by atoms with Crippen LogP contribution in [-0.4, -0.2) is 23.9 Å². The molecule has 1 saturated heterocycles. The molecule has 1 atom stereocenters. The minimum atomic E-state index is 0.103. The Labute approximate surface area is 139 Å². The maximum Gasteiger partial charge on any atom is 0.157 e. The van der Waals surface area contributed by atoms with Gasteiger partial charge in [0.1, 0.15) is 0 Å². The summed E-state index contributed by atoms with van der Waals surface area (Å²) in [6, 6.07) is 0. The molecule has 1 heterocycles. The van der Waals surface area contributed by atoms with Gasteiger partial charge in [-0.1, -0.05) is 74.0 Å². The maximum absolute atomic E-state index is 5.74. The van der Waals surface area contributed by atoms with Crippen LogP contribution in [0.5, 0.6) is 0 Å². The Balaban J connectivity index is 1.70. The summed E-state index contributed by atoms with van der Waals surface area (Å²) >= 11 is 2.47. The minimum Gasteiger partial charge on any atom is -0.353 e. The third-order valence-electron chi connectivity index (χ3n) is 3.97. The molecule has 0 aliphatic carbocycles. The van der Waals surface area contributed by atoms with Gasteiger partial charge in [-0.15, -0.1) is 0 Å². The lowest BCUT2D eigenvalue weighted by molar-refractivity contribution is -0.162. The summed E-state index contributed by atoms with van der Waals surface area (Å²) in [7, 11) is 0. The second kappa shape index (κ2) is 14.6. The van der Waals surface area contributed by atoms with Crippen molar-refractivity contribution in [1.29, 1.82) is 0 Å². The average molecular weight is 396 g/mol. The number of hydrogen-bond acceptors (Lipinski definition) is 2. The first kappa shape index (κ1) is 18.7. The molecule has 0 saturated carbocycles. The zero-order valence-electron chi connectivity index (χ0n) is 13.1. The topological polar surface area (TPSA) is 18.5 Å². The monoisotopic (exact) mass is 396 g/mol. The minimum absolute atomic E-state index is 0.103. The molecule has 1 rings (SSSR count). The Kier molecular flexibility index (Phi) is 13.6. The van der Waals surface area contributed by atoms with Gasteiger partial charge in [0.25, 0.3) is 0 Å². The van der Waals surface area contributed by atoms with Gasteiger partial charge < -0.3 is 9.47 Å². The molecule has 3 heteroatoms. The Morgan fingerprint density at radius 1 is 0.800 bits per heavy atom. The molecule has 2 nitrogen and oxygen atoms in total. The van der Waals surface area contributed by atoms with Gasteiger partial charge in [0.2, 0.25) is 0 Å². The summed E-state index contributed by atoms with van der Waals surface area (Å²) in [5.74, 6) is 0. The van der Waals surface area contributed by atoms with Crippen molar-refractivity contribution >= 4 is 22.6 Å². The molecule has 120 valence electrons. The van der Waals surface area contributed by atoms with Crippen LogP contribution in [0.2, 0.25) is 0 Å². The van der Waals surface area contributed by atoms with E-state index in [2.05, 4.69) is 22.6 Å². The number of halogens is 1. The van der Waals surface area contributed by atoms with Gasteiger partial charge >= 0.3 is 0 Å². The van der Waals surface area contributed by atoms with E-state index in [4.69, 9.17) is 9.47 Å². The smallest absolute Gasteiger partial charge is 0.157 e. The van der Waals surface area contributed by atoms with E-state index in [1.807, 2.05) is 0 Å². The van der Waals surface area contributed by atoms with Crippen molar-refractivity contribution in [3.8, 4) is 0 Å². The SMILES string of the molecule is ICCCCCCCCCCCCOC1CCCCO1. The standard InChI is InChI=1S/C17H33IO2/c18-14-10-7-5-3-1-2-4-6-8-11-15-19-17-13-9-12-16-20-17/h17H,1-16H2. The molecule has 0 spiro atoms. The molecule has 0 bridgehead atoms. The van der Waals surface area contributed by atoms with Crippen molar-refractivity contribution in [1.82, 2.24) is 0 Å². The number of hydrogen-bond donors (Lipinski definition) is 0. The van der Waals surface area contributed by atoms with E-state index >= 15 is 0 Å². The van der Waals surface area contributed by atoms with Crippen molar-refractivity contribution in [3.63, 3.8) is 0 Å². The number of alkyl halides is 1. The average Bonchev–Trinajstić information content (AvgIpc) is 2.49. The molecule has 0 N–H and O–H groups in total. The number of unbranched alkanes of at least 4 members (excludes halogenated alkanes) is 9. The zero-order chi connectivity index (χ0) is 14.3. The summed E-state index contributed by atoms with van der Waals surface area (Å²) in [6.45, 7) is 1.78. The van der Waals surface area contributed by atoms with E-state index in [1.165, 1.54) is 81.5 Å². The molecule has 0 aromatic heterocycles. The number of rotatable bonds is 13. The van der Waals surface area contributed by atoms with Crippen molar-refractivity contribution in [2.24, 2.45) is 0 Å². The molecular formula is C17H33IO2. The molecule has 0 aromatic rings. The van der Waals surface area contributed by atoms with Crippen LogP contribution in [0.4, 0.5) is 0 Å². The first-order chi connectivity index (χ1) is 9.93. The van der Waals surface area contributed by atoms with Crippen LogP contribution in [0.3, 0.4) is 0 Å². The van der Waals surface area contributed by atoms with E-state index in [9.17, 15) is 0 Å². The lowest BCUT2D eigenvalue weighted by Gasteiger charge is -2.22. The van der Waals surface area contributed by atoms with Crippen LogP contribution in [0.1, 0.15) is 83.5 Å². The molecule has 1 aliphatic heterocycles. The van der Waals surface area contributed by atoms with Gasteiger partial charge in [-0.25, -0.2) is 0 Å². The quantitative estimate of drug-likeness (QED) is 0.220. The first-order valence-electron chi connectivity index (χ1n) is 8.72. The van der Waals surface area contributed by atoms with E-state index in [-0.39, 0.29) is 6.29 Å². The maximum atomic E-state index is 5.74. The van der Waals surface area contributed by atoms with E-state index in [1.54, 1.807) is 0 Å². The lowest BCUT2D eigenvalue weighted by atomic mass is 10.1. The van der Waals surface area contributed by atoms with Crippen LogP contribution in [0.25, 0.3) is 0 Å². The summed E-state index contributed by atoms with van der Waals surface area (Å²) in [5.41, 5.74) is 0. The molecular weight excluding hydrogens is 363 g/mol. The fraction of sp³-hybridized carbons (Fsp3) is 1.00. The van der Waals surface area contributed by atoms with Gasteiger partial charge in [-0.3, -0.25) is 0 Å². The highest BCUT2D eigenvalue weighted by Crippen LogP contribution is 2.15. The van der Waals surface area contributed by atoms with E-state index in [0.29, 0.717) is 0 Å². The molecule has 1 unspecified atom stereocenters. The Bertz CT molecular complexity index is 193. The van der Waals surface area contributed by atoms with Gasteiger partial charge in [-0.05, 0) is 36.5 Å². The van der Waals surface area contributed by atoms with Crippen LogP contribution in [-0.2, 0) is 9.47 Å². The predicted octanol–water partition coefficient (Wildman–Crippen LogP) is 5.87. The highest BCUT2D eigenvalue weighted by molar-refractivity contribution is 14.1. The van der Waals surface area contributed by atoms with Gasteiger partial charge in [-0.2, -0.15) is 0 Å². The zero-order valence-corrected chi connectivity index (χ0v) is 15.2. The summed E-state index contributed by atoms with van der Waals surface area (Å²) in [4.78, 5) is 0. The highest BCUT2D eigenvalue weighted by atomic mass is 127. The normalized spacial score (nSPS) is 19.4. The van der Waals surface area contributed by atoms with Crippen LogP contribution < -0.4 is 0 Å². The fourth-order valence-corrected chi connectivity index (χ4v) is 3.21. The van der Waals surface area contributed by atoms with Gasteiger partial charge in [0, 0.05) is 13.2 Å². The second-order valence-corrected chi connectivity index (χ2v) is 6.97. The molecule has 0 radical (unpaired) electrons. The predicted molar refractivity (Wildman–Crippen MR) is 94.6 cm³/mol. The highest BCUT2D eigenvalue weighted by Gasteiger charge is 2.13. The first-order valence-corrected chi connectivity index (χ1v) is 10.2. The number of ether oxygens (including phenoxy) is 2. The van der Waals surface area contributed by atoms with Crippen LogP contribution >= 0.6 is 22.6 Å².